The molecule has 1 atom stereocenters. The second-order valence-corrected chi connectivity index (χ2v) is 7.31. The molecule has 2 aromatic heterocycles. The van der Waals surface area contributed by atoms with Gasteiger partial charge in [-0.15, -0.1) is 11.3 Å². The zero-order valence-corrected chi connectivity index (χ0v) is 14.2. The first kappa shape index (κ1) is 15.1. The SMILES string of the molecule is OC1CCCN(Cc2c(-c3ccc(Cl)cc3)nc3sccn23)C1. The lowest BCUT2D eigenvalue weighted by molar-refractivity contribution is 0.0662. The molecule has 3 heterocycles. The van der Waals surface area contributed by atoms with Crippen LogP contribution in [0.3, 0.4) is 0 Å². The maximum atomic E-state index is 9.92. The Bertz CT molecular complexity index is 811. The van der Waals surface area contributed by atoms with E-state index in [0.717, 1.165) is 53.7 Å². The van der Waals surface area contributed by atoms with Gasteiger partial charge in [-0.3, -0.25) is 9.30 Å². The number of piperidine rings is 1. The fraction of sp³-hybridized carbons (Fsp3) is 0.353. The number of nitrogens with zero attached hydrogens (tertiary/aromatic N) is 3. The third-order valence-corrected chi connectivity index (χ3v) is 5.34. The number of likely N-dealkylation sites (tertiary alicyclic amines) is 1. The molecular formula is C17H18ClN3OS. The first-order chi connectivity index (χ1) is 11.2. The Morgan fingerprint density at radius 2 is 2.13 bits per heavy atom. The van der Waals surface area contributed by atoms with Crippen LogP contribution >= 0.6 is 22.9 Å². The van der Waals surface area contributed by atoms with Gasteiger partial charge in [0.1, 0.15) is 0 Å². The molecule has 0 spiro atoms. The van der Waals surface area contributed by atoms with Gasteiger partial charge >= 0.3 is 0 Å². The van der Waals surface area contributed by atoms with Crippen LogP contribution in [0.2, 0.25) is 5.02 Å². The topological polar surface area (TPSA) is 40.8 Å². The van der Waals surface area contributed by atoms with E-state index in [2.05, 4.69) is 20.9 Å². The van der Waals surface area contributed by atoms with Gasteiger partial charge in [0.15, 0.2) is 4.96 Å². The van der Waals surface area contributed by atoms with Crippen molar-refractivity contribution in [3.63, 3.8) is 0 Å². The minimum Gasteiger partial charge on any atom is -0.392 e. The Labute approximate surface area is 144 Å². The average Bonchev–Trinajstić information content (AvgIpc) is 3.11. The Balaban J connectivity index is 1.72. The summed E-state index contributed by atoms with van der Waals surface area (Å²) in [6.07, 6.45) is 3.81. The van der Waals surface area contributed by atoms with Crippen LogP contribution in [0.5, 0.6) is 0 Å². The molecule has 23 heavy (non-hydrogen) atoms. The van der Waals surface area contributed by atoms with Gasteiger partial charge in [0, 0.05) is 35.3 Å². The van der Waals surface area contributed by atoms with Crippen molar-refractivity contribution in [1.29, 1.82) is 0 Å². The number of thiazole rings is 1. The van der Waals surface area contributed by atoms with Gasteiger partial charge in [-0.1, -0.05) is 23.7 Å². The fourth-order valence-corrected chi connectivity index (χ4v) is 4.07. The van der Waals surface area contributed by atoms with Crippen LogP contribution in [0.25, 0.3) is 16.2 Å². The maximum absolute atomic E-state index is 9.92. The molecule has 120 valence electrons. The highest BCUT2D eigenvalue weighted by atomic mass is 35.5. The van der Waals surface area contributed by atoms with Gasteiger partial charge in [-0.2, -0.15) is 0 Å². The summed E-state index contributed by atoms with van der Waals surface area (Å²) in [6, 6.07) is 7.84. The van der Waals surface area contributed by atoms with E-state index in [4.69, 9.17) is 16.6 Å². The number of halogens is 1. The molecule has 1 aliphatic rings. The summed E-state index contributed by atoms with van der Waals surface area (Å²) >= 11 is 7.65. The molecule has 0 saturated carbocycles. The van der Waals surface area contributed by atoms with Crippen molar-refractivity contribution in [1.82, 2.24) is 14.3 Å². The third-order valence-electron chi connectivity index (χ3n) is 4.33. The molecule has 1 aromatic carbocycles. The van der Waals surface area contributed by atoms with Crippen LogP contribution < -0.4 is 0 Å². The summed E-state index contributed by atoms with van der Waals surface area (Å²) in [4.78, 5) is 8.12. The Morgan fingerprint density at radius 3 is 2.91 bits per heavy atom. The summed E-state index contributed by atoms with van der Waals surface area (Å²) in [7, 11) is 0. The van der Waals surface area contributed by atoms with Gasteiger partial charge in [-0.25, -0.2) is 4.98 Å². The van der Waals surface area contributed by atoms with Gasteiger partial charge in [0.05, 0.1) is 17.5 Å². The third kappa shape index (κ3) is 3.02. The number of hydrogen-bond donors (Lipinski definition) is 1. The molecule has 6 heteroatoms. The van der Waals surface area contributed by atoms with Gasteiger partial charge in [0.2, 0.25) is 0 Å². The second-order valence-electron chi connectivity index (χ2n) is 6.00. The highest BCUT2D eigenvalue weighted by Gasteiger charge is 2.22. The van der Waals surface area contributed by atoms with Crippen molar-refractivity contribution >= 4 is 27.9 Å². The summed E-state index contributed by atoms with van der Waals surface area (Å²) in [6.45, 7) is 2.55. The molecule has 0 radical (unpaired) electrons. The summed E-state index contributed by atoms with van der Waals surface area (Å²) in [5.41, 5.74) is 3.27. The van der Waals surface area contributed by atoms with E-state index >= 15 is 0 Å². The van der Waals surface area contributed by atoms with Crippen LogP contribution in [0.4, 0.5) is 0 Å². The van der Waals surface area contributed by atoms with E-state index in [0.29, 0.717) is 0 Å². The molecule has 1 unspecified atom stereocenters. The molecule has 3 aromatic rings. The molecule has 1 fully saturated rings. The second kappa shape index (κ2) is 6.24. The molecular weight excluding hydrogens is 330 g/mol. The number of hydrogen-bond acceptors (Lipinski definition) is 4. The van der Waals surface area contributed by atoms with E-state index in [1.807, 2.05) is 24.3 Å². The monoisotopic (exact) mass is 347 g/mol. The van der Waals surface area contributed by atoms with E-state index in [1.54, 1.807) is 11.3 Å². The maximum Gasteiger partial charge on any atom is 0.194 e. The highest BCUT2D eigenvalue weighted by Crippen LogP contribution is 2.29. The van der Waals surface area contributed by atoms with E-state index in [1.165, 1.54) is 5.69 Å². The summed E-state index contributed by atoms with van der Waals surface area (Å²) in [5.74, 6) is 0. The number of β-amino-alcohol motifs (C(OH)–C–C–N with tert-alkyl or cyclic N) is 1. The molecule has 1 aliphatic heterocycles. The lowest BCUT2D eigenvalue weighted by Crippen LogP contribution is -2.38. The normalized spacial score (nSPS) is 19.5. The number of aromatic nitrogens is 2. The van der Waals surface area contributed by atoms with Crippen molar-refractivity contribution in [3.05, 3.63) is 46.6 Å². The van der Waals surface area contributed by atoms with Crippen LogP contribution in [0.1, 0.15) is 18.5 Å². The number of aliphatic hydroxyl groups is 1. The van der Waals surface area contributed by atoms with E-state index < -0.39 is 0 Å². The van der Waals surface area contributed by atoms with Crippen LogP contribution in [0, 0.1) is 0 Å². The summed E-state index contributed by atoms with van der Waals surface area (Å²) in [5, 5.41) is 12.7. The van der Waals surface area contributed by atoms with Gasteiger partial charge in [-0.05, 0) is 31.5 Å². The van der Waals surface area contributed by atoms with Crippen molar-refractivity contribution < 1.29 is 5.11 Å². The minimum atomic E-state index is -0.214. The predicted molar refractivity (Wildman–Crippen MR) is 94.0 cm³/mol. The summed E-state index contributed by atoms with van der Waals surface area (Å²) < 4.78 is 2.16. The molecule has 0 bridgehead atoms. The van der Waals surface area contributed by atoms with Crippen molar-refractivity contribution in [2.45, 2.75) is 25.5 Å². The predicted octanol–water partition coefficient (Wildman–Crippen LogP) is 3.67. The lowest BCUT2D eigenvalue weighted by atomic mass is 10.1. The first-order valence-electron chi connectivity index (χ1n) is 7.81. The Kier molecular flexibility index (Phi) is 4.11. The number of aliphatic hydroxyl groups excluding tert-OH is 1. The van der Waals surface area contributed by atoms with E-state index in [9.17, 15) is 5.11 Å². The number of benzene rings is 1. The Hall–Kier alpha value is -1.40. The van der Waals surface area contributed by atoms with Crippen LogP contribution in [-0.4, -0.2) is 38.6 Å². The molecule has 4 nitrogen and oxygen atoms in total. The zero-order chi connectivity index (χ0) is 15.8. The lowest BCUT2D eigenvalue weighted by Gasteiger charge is -2.29. The number of fused-ring (bicyclic) bond motifs is 1. The van der Waals surface area contributed by atoms with Crippen molar-refractivity contribution in [2.24, 2.45) is 0 Å². The van der Waals surface area contributed by atoms with Gasteiger partial charge < -0.3 is 5.11 Å². The highest BCUT2D eigenvalue weighted by molar-refractivity contribution is 7.15. The molecule has 1 N–H and O–H groups in total. The quantitative estimate of drug-likeness (QED) is 0.785. The smallest absolute Gasteiger partial charge is 0.194 e. The Morgan fingerprint density at radius 1 is 1.30 bits per heavy atom. The minimum absolute atomic E-state index is 0.214. The largest absolute Gasteiger partial charge is 0.392 e. The fourth-order valence-electron chi connectivity index (χ4n) is 3.21. The number of rotatable bonds is 3. The molecule has 1 saturated heterocycles. The average molecular weight is 348 g/mol. The van der Waals surface area contributed by atoms with Gasteiger partial charge in [0.25, 0.3) is 0 Å². The van der Waals surface area contributed by atoms with Crippen molar-refractivity contribution in [3.8, 4) is 11.3 Å². The number of imidazole rings is 1. The molecule has 4 rings (SSSR count). The first-order valence-corrected chi connectivity index (χ1v) is 9.07. The van der Waals surface area contributed by atoms with E-state index in [-0.39, 0.29) is 6.10 Å². The molecule has 0 amide bonds. The zero-order valence-electron chi connectivity index (χ0n) is 12.7. The van der Waals surface area contributed by atoms with Crippen LogP contribution in [0.15, 0.2) is 35.8 Å². The molecule has 0 aliphatic carbocycles. The van der Waals surface area contributed by atoms with Crippen molar-refractivity contribution in [2.75, 3.05) is 13.1 Å². The van der Waals surface area contributed by atoms with Crippen LogP contribution in [-0.2, 0) is 6.54 Å². The standard InChI is InChI=1S/C17H18ClN3OS/c18-13-5-3-12(4-6-13)16-15(21-8-9-23-17(21)19-16)11-20-7-1-2-14(22)10-20/h3-6,8-9,14,22H,1-2,7,10-11H2.